The molecular formula is C9H11FN2O4S. The van der Waals surface area contributed by atoms with Crippen molar-refractivity contribution < 1.29 is 22.3 Å². The fraction of sp³-hybridized carbons (Fsp3) is 0.222. The van der Waals surface area contributed by atoms with E-state index in [0.717, 1.165) is 25.5 Å². The fourth-order valence-corrected chi connectivity index (χ4v) is 1.65. The second-order valence-corrected chi connectivity index (χ2v) is 4.93. The van der Waals surface area contributed by atoms with Crippen LogP contribution in [0.5, 0.6) is 0 Å². The van der Waals surface area contributed by atoms with Crippen LogP contribution >= 0.6 is 0 Å². The summed E-state index contributed by atoms with van der Waals surface area (Å²) in [6, 6.07) is 3.24. The number of amides is 1. The summed E-state index contributed by atoms with van der Waals surface area (Å²) < 4.78 is 41.5. The first-order valence-electron chi connectivity index (χ1n) is 4.44. The van der Waals surface area contributed by atoms with Gasteiger partial charge >= 0.3 is 6.09 Å². The second-order valence-electron chi connectivity index (χ2n) is 3.18. The van der Waals surface area contributed by atoms with Gasteiger partial charge in [-0.2, -0.15) is 0 Å². The van der Waals surface area contributed by atoms with Gasteiger partial charge in [-0.25, -0.2) is 17.6 Å². The number of anilines is 2. The number of methoxy groups -OCH3 is 1. The van der Waals surface area contributed by atoms with Crippen LogP contribution in [0.25, 0.3) is 0 Å². The maximum atomic E-state index is 13.0. The van der Waals surface area contributed by atoms with Crippen molar-refractivity contribution in [3.8, 4) is 0 Å². The van der Waals surface area contributed by atoms with E-state index in [1.165, 1.54) is 6.07 Å². The molecule has 1 rings (SSSR count). The van der Waals surface area contributed by atoms with Crippen molar-refractivity contribution in [1.82, 2.24) is 0 Å². The van der Waals surface area contributed by atoms with Crippen molar-refractivity contribution in [3.63, 3.8) is 0 Å². The Bertz CT molecular complexity index is 530. The largest absolute Gasteiger partial charge is 0.453 e. The Kier molecular flexibility index (Phi) is 3.89. The number of nitrogens with one attached hydrogen (secondary N) is 2. The van der Waals surface area contributed by atoms with Gasteiger partial charge in [0, 0.05) is 0 Å². The van der Waals surface area contributed by atoms with Crippen molar-refractivity contribution in [2.24, 2.45) is 0 Å². The van der Waals surface area contributed by atoms with Gasteiger partial charge in [-0.3, -0.25) is 10.0 Å². The molecule has 0 unspecified atom stereocenters. The summed E-state index contributed by atoms with van der Waals surface area (Å²) in [5, 5.41) is 2.20. The molecule has 0 saturated carbocycles. The first-order valence-corrected chi connectivity index (χ1v) is 6.33. The molecule has 94 valence electrons. The van der Waals surface area contributed by atoms with E-state index in [4.69, 9.17) is 0 Å². The van der Waals surface area contributed by atoms with Crippen molar-refractivity contribution in [1.29, 1.82) is 0 Å². The normalized spacial score (nSPS) is 10.8. The molecule has 8 heteroatoms. The van der Waals surface area contributed by atoms with E-state index >= 15 is 0 Å². The lowest BCUT2D eigenvalue weighted by molar-refractivity contribution is 0.187. The van der Waals surface area contributed by atoms with Crippen LogP contribution in [0, 0.1) is 5.82 Å². The summed E-state index contributed by atoms with van der Waals surface area (Å²) in [5.74, 6) is -0.615. The predicted octanol–water partition coefficient (Wildman–Crippen LogP) is 1.38. The van der Waals surface area contributed by atoms with Gasteiger partial charge in [0.15, 0.2) is 0 Å². The number of hydrogen-bond acceptors (Lipinski definition) is 4. The minimum atomic E-state index is -3.52. The Morgan fingerprint density at radius 3 is 2.53 bits per heavy atom. The van der Waals surface area contributed by atoms with Crippen molar-refractivity contribution in [3.05, 3.63) is 24.0 Å². The zero-order valence-corrected chi connectivity index (χ0v) is 9.97. The molecule has 1 amide bonds. The van der Waals surface area contributed by atoms with E-state index in [1.54, 1.807) is 0 Å². The molecule has 17 heavy (non-hydrogen) atoms. The van der Waals surface area contributed by atoms with Gasteiger partial charge < -0.3 is 4.74 Å². The van der Waals surface area contributed by atoms with E-state index in [1.807, 2.05) is 0 Å². The monoisotopic (exact) mass is 262 g/mol. The number of halogens is 1. The molecule has 0 bridgehead atoms. The summed E-state index contributed by atoms with van der Waals surface area (Å²) >= 11 is 0. The number of carbonyl (C=O) groups excluding carboxylic acids is 1. The van der Waals surface area contributed by atoms with Crippen LogP contribution in [0.4, 0.5) is 20.6 Å². The molecule has 0 aromatic heterocycles. The van der Waals surface area contributed by atoms with E-state index in [9.17, 15) is 17.6 Å². The molecule has 0 heterocycles. The molecule has 1 aromatic rings. The highest BCUT2D eigenvalue weighted by Gasteiger charge is 2.11. The van der Waals surface area contributed by atoms with E-state index in [2.05, 4.69) is 14.8 Å². The molecular weight excluding hydrogens is 251 g/mol. The van der Waals surface area contributed by atoms with Gasteiger partial charge in [0.2, 0.25) is 10.0 Å². The number of carbonyl (C=O) groups is 1. The number of sulfonamides is 1. The Labute approximate surface area is 97.8 Å². The second kappa shape index (κ2) is 5.00. The number of benzene rings is 1. The zero-order valence-electron chi connectivity index (χ0n) is 9.15. The maximum absolute atomic E-state index is 13.0. The number of hydrogen-bond donors (Lipinski definition) is 2. The Hall–Kier alpha value is -1.83. The lowest BCUT2D eigenvalue weighted by Gasteiger charge is -2.11. The minimum absolute atomic E-state index is 0.0257. The van der Waals surface area contributed by atoms with E-state index in [0.29, 0.717) is 0 Å². The topological polar surface area (TPSA) is 84.5 Å². The first kappa shape index (κ1) is 13.2. The van der Waals surface area contributed by atoms with Gasteiger partial charge in [-0.05, 0) is 18.2 Å². The van der Waals surface area contributed by atoms with E-state index in [-0.39, 0.29) is 11.4 Å². The molecule has 0 fully saturated rings. The highest BCUT2D eigenvalue weighted by atomic mass is 32.2. The summed E-state index contributed by atoms with van der Waals surface area (Å²) in [4.78, 5) is 11.0. The SMILES string of the molecule is COC(=O)Nc1cc(F)ccc1NS(C)(=O)=O. The molecule has 1 aromatic carbocycles. The Morgan fingerprint density at radius 1 is 1.35 bits per heavy atom. The summed E-state index contributed by atoms with van der Waals surface area (Å²) in [6.07, 6.45) is 0.116. The smallest absolute Gasteiger partial charge is 0.411 e. The van der Waals surface area contributed by atoms with Crippen LogP contribution in [0.1, 0.15) is 0 Å². The molecule has 0 saturated heterocycles. The molecule has 0 aliphatic carbocycles. The quantitative estimate of drug-likeness (QED) is 0.861. The van der Waals surface area contributed by atoms with Crippen LogP contribution in [-0.2, 0) is 14.8 Å². The third kappa shape index (κ3) is 4.27. The van der Waals surface area contributed by atoms with Gasteiger partial charge in [-0.1, -0.05) is 0 Å². The molecule has 0 spiro atoms. The van der Waals surface area contributed by atoms with Crippen LogP contribution in [0.15, 0.2) is 18.2 Å². The van der Waals surface area contributed by atoms with Gasteiger partial charge in [0.1, 0.15) is 5.82 Å². The molecule has 0 aliphatic heterocycles. The predicted molar refractivity (Wildman–Crippen MR) is 60.9 cm³/mol. The van der Waals surface area contributed by atoms with Crippen LogP contribution in [-0.4, -0.2) is 27.9 Å². The van der Waals surface area contributed by atoms with E-state index < -0.39 is 21.9 Å². The first-order chi connectivity index (χ1) is 7.81. The maximum Gasteiger partial charge on any atom is 0.411 e. The molecule has 0 atom stereocenters. The summed E-state index contributed by atoms with van der Waals surface area (Å²) in [6.45, 7) is 0. The van der Waals surface area contributed by atoms with Crippen molar-refractivity contribution in [2.45, 2.75) is 0 Å². The van der Waals surface area contributed by atoms with Crippen molar-refractivity contribution >= 4 is 27.5 Å². The van der Waals surface area contributed by atoms with Crippen LogP contribution in [0.2, 0.25) is 0 Å². The average Bonchev–Trinajstić information content (AvgIpc) is 2.20. The van der Waals surface area contributed by atoms with Crippen molar-refractivity contribution in [2.75, 3.05) is 23.4 Å². The van der Waals surface area contributed by atoms with Gasteiger partial charge in [-0.15, -0.1) is 0 Å². The van der Waals surface area contributed by atoms with Gasteiger partial charge in [0.05, 0.1) is 24.7 Å². The third-order valence-electron chi connectivity index (χ3n) is 1.70. The molecule has 2 N–H and O–H groups in total. The standard InChI is InChI=1S/C9H11FN2O4S/c1-16-9(13)11-8-5-6(10)3-4-7(8)12-17(2,14)15/h3-5,12H,1-2H3,(H,11,13). The molecule has 6 nitrogen and oxygen atoms in total. The fourth-order valence-electron chi connectivity index (χ4n) is 1.07. The number of ether oxygens (including phenoxy) is 1. The zero-order chi connectivity index (χ0) is 13.1. The average molecular weight is 262 g/mol. The number of rotatable bonds is 3. The lowest BCUT2D eigenvalue weighted by Crippen LogP contribution is -2.15. The van der Waals surface area contributed by atoms with Gasteiger partial charge in [0.25, 0.3) is 0 Å². The third-order valence-corrected chi connectivity index (χ3v) is 2.29. The minimum Gasteiger partial charge on any atom is -0.453 e. The van der Waals surface area contributed by atoms with Crippen LogP contribution < -0.4 is 10.0 Å². The van der Waals surface area contributed by atoms with Crippen LogP contribution in [0.3, 0.4) is 0 Å². The highest BCUT2D eigenvalue weighted by molar-refractivity contribution is 7.92. The molecule has 0 radical (unpaired) electrons. The molecule has 0 aliphatic rings. The summed E-state index contributed by atoms with van der Waals surface area (Å²) in [5.41, 5.74) is 0.0292. The lowest BCUT2D eigenvalue weighted by atomic mass is 10.2. The Morgan fingerprint density at radius 2 is 2.00 bits per heavy atom. The summed E-state index contributed by atoms with van der Waals surface area (Å²) in [7, 11) is -2.38. The Balaban J connectivity index is 3.08. The highest BCUT2D eigenvalue weighted by Crippen LogP contribution is 2.23.